The number of rotatable bonds is 5. The summed E-state index contributed by atoms with van der Waals surface area (Å²) in [5, 5.41) is 2.77. The summed E-state index contributed by atoms with van der Waals surface area (Å²) in [6, 6.07) is 30.1. The molecule has 2 aromatic heterocycles. The Labute approximate surface area is 196 Å². The molecule has 0 spiro atoms. The van der Waals surface area contributed by atoms with E-state index in [9.17, 15) is 0 Å². The van der Waals surface area contributed by atoms with Crippen LogP contribution >= 0.6 is 7.92 Å². The van der Waals surface area contributed by atoms with Gasteiger partial charge in [0.1, 0.15) is 0 Å². The molecule has 0 N–H and O–H groups in total. The molecule has 5 rings (SSSR count). The molecule has 1 atom stereocenters. The molecule has 3 heteroatoms. The van der Waals surface area contributed by atoms with Crippen LogP contribution in [0.1, 0.15) is 11.1 Å². The molecule has 0 radical (unpaired) electrons. The maximum absolute atomic E-state index is 4.57. The molecule has 2 nitrogen and oxygen atoms in total. The Hall–Kier alpha value is -3.61. The van der Waals surface area contributed by atoms with E-state index in [2.05, 4.69) is 126 Å². The van der Waals surface area contributed by atoms with Gasteiger partial charge in [0, 0.05) is 18.1 Å². The zero-order valence-corrected chi connectivity index (χ0v) is 19.4. The number of allylic oxidation sites excluding steroid dienone is 5. The Morgan fingerprint density at radius 2 is 1.36 bits per heavy atom. The van der Waals surface area contributed by atoms with Gasteiger partial charge in [0.05, 0.1) is 11.4 Å². The van der Waals surface area contributed by atoms with Gasteiger partial charge in [-0.1, -0.05) is 91.0 Å². The summed E-state index contributed by atoms with van der Waals surface area (Å²) in [6.07, 6.45) is 14.9. The normalized spacial score (nSPS) is 16.4. The van der Waals surface area contributed by atoms with Crippen molar-refractivity contribution < 1.29 is 0 Å². The first-order valence-corrected chi connectivity index (χ1v) is 12.5. The lowest BCUT2D eigenvalue weighted by Crippen LogP contribution is -2.22. The molecule has 1 aliphatic rings. The molecule has 0 aliphatic heterocycles. The number of benzene rings is 2. The van der Waals surface area contributed by atoms with Gasteiger partial charge < -0.3 is 0 Å². The van der Waals surface area contributed by atoms with Crippen LogP contribution in [-0.2, 0) is 0 Å². The van der Waals surface area contributed by atoms with Crippen molar-refractivity contribution in [3.8, 4) is 11.4 Å². The van der Waals surface area contributed by atoms with Gasteiger partial charge >= 0.3 is 0 Å². The Morgan fingerprint density at radius 1 is 0.727 bits per heavy atom. The quantitative estimate of drug-likeness (QED) is 0.330. The number of nitrogens with zero attached hydrogens (tertiary/aromatic N) is 2. The lowest BCUT2D eigenvalue weighted by molar-refractivity contribution is 1.22. The topological polar surface area (TPSA) is 25.8 Å². The van der Waals surface area contributed by atoms with E-state index in [-0.39, 0.29) is 0 Å². The van der Waals surface area contributed by atoms with Crippen molar-refractivity contribution in [3.05, 3.63) is 138 Å². The van der Waals surface area contributed by atoms with E-state index in [0.717, 1.165) is 17.0 Å². The maximum Gasteiger partial charge on any atom is 0.0892 e. The van der Waals surface area contributed by atoms with E-state index in [0.29, 0.717) is 5.66 Å². The molecule has 0 fully saturated rings. The Kier molecular flexibility index (Phi) is 6.37. The minimum absolute atomic E-state index is 0.295. The zero-order chi connectivity index (χ0) is 22.5. The van der Waals surface area contributed by atoms with Crippen molar-refractivity contribution in [1.29, 1.82) is 0 Å². The highest BCUT2D eigenvalue weighted by Crippen LogP contribution is 2.45. The Balaban J connectivity index is 1.56. The molecule has 2 heterocycles. The summed E-state index contributed by atoms with van der Waals surface area (Å²) in [5.74, 6) is 0. The van der Waals surface area contributed by atoms with Crippen molar-refractivity contribution >= 4 is 24.6 Å². The first-order valence-electron chi connectivity index (χ1n) is 11.1. The molecule has 0 bridgehead atoms. The van der Waals surface area contributed by atoms with Crippen LogP contribution in [0.25, 0.3) is 17.5 Å². The molecule has 1 unspecified atom stereocenters. The van der Waals surface area contributed by atoms with Crippen LogP contribution in [0.3, 0.4) is 0 Å². The number of aryl methyl sites for hydroxylation is 1. The summed E-state index contributed by atoms with van der Waals surface area (Å²) in [7, 11) is -0.595. The first kappa shape index (κ1) is 21.2. The van der Waals surface area contributed by atoms with Crippen LogP contribution in [0.4, 0.5) is 0 Å². The standard InChI is InChI=1S/C30H25N2P/c1-23-16-18-31-28(20-23)29-22-24(17-19-32-29)21-25-10-8-9-15-30(25)33(26-11-4-2-5-12-26)27-13-6-3-7-14-27/h2-22,30H,1H3. The average molecular weight is 445 g/mol. The van der Waals surface area contributed by atoms with Crippen LogP contribution < -0.4 is 10.6 Å². The SMILES string of the molecule is Cc1ccnc(-c2cc(C=C3C=CC=CC3P(c3ccccc3)c3ccccc3)ccn2)c1. The van der Waals surface area contributed by atoms with E-state index in [4.69, 9.17) is 0 Å². The Morgan fingerprint density at radius 3 is 2.03 bits per heavy atom. The number of hydrogen-bond donors (Lipinski definition) is 0. The highest BCUT2D eigenvalue weighted by atomic mass is 31.1. The summed E-state index contributed by atoms with van der Waals surface area (Å²) in [6.45, 7) is 2.08. The largest absolute Gasteiger partial charge is 0.255 e. The maximum atomic E-state index is 4.57. The van der Waals surface area contributed by atoms with Gasteiger partial charge in [0.15, 0.2) is 0 Å². The smallest absolute Gasteiger partial charge is 0.0892 e. The Bertz CT molecular complexity index is 1280. The lowest BCUT2D eigenvalue weighted by atomic mass is 10.0. The second-order valence-corrected chi connectivity index (χ2v) is 10.4. The summed E-state index contributed by atoms with van der Waals surface area (Å²) >= 11 is 0. The van der Waals surface area contributed by atoms with Crippen molar-refractivity contribution in [2.45, 2.75) is 12.6 Å². The van der Waals surface area contributed by atoms with Crippen molar-refractivity contribution in [2.24, 2.45) is 0 Å². The monoisotopic (exact) mass is 444 g/mol. The predicted octanol–water partition coefficient (Wildman–Crippen LogP) is 6.46. The van der Waals surface area contributed by atoms with Gasteiger partial charge in [-0.05, 0) is 66.4 Å². The molecule has 1 aliphatic carbocycles. The summed E-state index contributed by atoms with van der Waals surface area (Å²) in [5.41, 5.74) is 5.73. The minimum Gasteiger partial charge on any atom is -0.255 e. The summed E-state index contributed by atoms with van der Waals surface area (Å²) in [4.78, 5) is 9.09. The highest BCUT2D eigenvalue weighted by molar-refractivity contribution is 7.74. The van der Waals surface area contributed by atoms with Gasteiger partial charge in [0.25, 0.3) is 0 Å². The third kappa shape index (κ3) is 4.92. The van der Waals surface area contributed by atoms with Gasteiger partial charge in [-0.3, -0.25) is 9.97 Å². The zero-order valence-electron chi connectivity index (χ0n) is 18.5. The van der Waals surface area contributed by atoms with Crippen molar-refractivity contribution in [3.63, 3.8) is 0 Å². The molecular formula is C30H25N2P. The van der Waals surface area contributed by atoms with Crippen LogP contribution in [0.2, 0.25) is 0 Å². The number of hydrogen-bond acceptors (Lipinski definition) is 2. The van der Waals surface area contributed by atoms with E-state index >= 15 is 0 Å². The fourth-order valence-corrected chi connectivity index (χ4v) is 6.76. The third-order valence-electron chi connectivity index (χ3n) is 5.68. The molecule has 160 valence electrons. The average Bonchev–Trinajstić information content (AvgIpc) is 2.87. The van der Waals surface area contributed by atoms with Crippen LogP contribution in [-0.4, -0.2) is 15.6 Å². The second-order valence-electron chi connectivity index (χ2n) is 8.07. The number of pyridine rings is 2. The number of aromatic nitrogens is 2. The minimum atomic E-state index is -0.595. The summed E-state index contributed by atoms with van der Waals surface area (Å²) < 4.78 is 0. The van der Waals surface area contributed by atoms with Gasteiger partial charge in [0.2, 0.25) is 0 Å². The molecule has 0 saturated heterocycles. The molecule has 33 heavy (non-hydrogen) atoms. The van der Waals surface area contributed by atoms with Crippen molar-refractivity contribution in [2.75, 3.05) is 0 Å². The van der Waals surface area contributed by atoms with E-state index in [1.807, 2.05) is 18.5 Å². The van der Waals surface area contributed by atoms with E-state index in [1.165, 1.54) is 21.7 Å². The van der Waals surface area contributed by atoms with Crippen LogP contribution in [0.15, 0.2) is 127 Å². The molecular weight excluding hydrogens is 419 g/mol. The lowest BCUT2D eigenvalue weighted by Gasteiger charge is -2.29. The van der Waals surface area contributed by atoms with E-state index in [1.54, 1.807) is 0 Å². The van der Waals surface area contributed by atoms with Crippen LogP contribution in [0.5, 0.6) is 0 Å². The van der Waals surface area contributed by atoms with E-state index < -0.39 is 7.92 Å². The van der Waals surface area contributed by atoms with Gasteiger partial charge in [-0.15, -0.1) is 0 Å². The van der Waals surface area contributed by atoms with Crippen molar-refractivity contribution in [1.82, 2.24) is 9.97 Å². The third-order valence-corrected chi connectivity index (χ3v) is 8.41. The molecule has 2 aromatic carbocycles. The predicted molar refractivity (Wildman–Crippen MR) is 141 cm³/mol. The first-order chi connectivity index (χ1) is 16.3. The fourth-order valence-electron chi connectivity index (χ4n) is 4.11. The fraction of sp³-hybridized carbons (Fsp3) is 0.0667. The molecule has 0 amide bonds. The van der Waals surface area contributed by atoms with Gasteiger partial charge in [-0.2, -0.15) is 0 Å². The second kappa shape index (κ2) is 9.90. The highest BCUT2D eigenvalue weighted by Gasteiger charge is 2.25. The van der Waals surface area contributed by atoms with Gasteiger partial charge in [-0.25, -0.2) is 0 Å². The molecule has 4 aromatic rings. The van der Waals surface area contributed by atoms with Crippen LogP contribution in [0, 0.1) is 6.92 Å². The molecule has 0 saturated carbocycles.